The van der Waals surface area contributed by atoms with Crippen LogP contribution in [0.4, 0.5) is 5.69 Å². The average Bonchev–Trinajstić information content (AvgIpc) is 2.84. The molecule has 3 aromatic carbocycles. The van der Waals surface area contributed by atoms with Gasteiger partial charge < -0.3 is 14.8 Å². The zero-order chi connectivity index (χ0) is 23.3. The zero-order valence-corrected chi connectivity index (χ0v) is 18.5. The Balaban J connectivity index is 1.34. The quantitative estimate of drug-likeness (QED) is 0.342. The van der Waals surface area contributed by atoms with Gasteiger partial charge in [0.15, 0.2) is 6.61 Å². The van der Waals surface area contributed by atoms with Crippen LogP contribution in [0.15, 0.2) is 84.0 Å². The molecular weight excluding hydrogens is 418 g/mol. The lowest BCUT2D eigenvalue weighted by Crippen LogP contribution is -2.20. The molecule has 170 valence electrons. The monoisotopic (exact) mass is 445 g/mol. The lowest BCUT2D eigenvalue weighted by Gasteiger charge is -2.07. The molecule has 3 aromatic rings. The Morgan fingerprint density at radius 1 is 0.879 bits per heavy atom. The molecule has 0 aromatic heterocycles. The smallest absolute Gasteiger partial charge is 0.262 e. The van der Waals surface area contributed by atoms with Crippen LogP contribution in [0.3, 0.4) is 0 Å². The molecule has 0 saturated carbocycles. The molecule has 0 unspecified atom stereocenters. The summed E-state index contributed by atoms with van der Waals surface area (Å²) in [6.45, 7) is -0.0884. The number of hydrogen-bond acceptors (Lipinski definition) is 5. The maximum absolute atomic E-state index is 12.0. The van der Waals surface area contributed by atoms with Gasteiger partial charge >= 0.3 is 0 Å². The number of carbonyl (C=O) groups excluding carboxylic acids is 2. The number of rotatable bonds is 11. The average molecular weight is 446 g/mol. The van der Waals surface area contributed by atoms with Gasteiger partial charge in [-0.3, -0.25) is 9.59 Å². The summed E-state index contributed by atoms with van der Waals surface area (Å²) >= 11 is 0. The number of nitrogens with one attached hydrogen (secondary N) is 2. The predicted molar refractivity (Wildman–Crippen MR) is 129 cm³/mol. The van der Waals surface area contributed by atoms with Crippen molar-refractivity contribution in [1.29, 1.82) is 0 Å². The van der Waals surface area contributed by atoms with Crippen LogP contribution in [0.5, 0.6) is 11.5 Å². The summed E-state index contributed by atoms with van der Waals surface area (Å²) < 4.78 is 10.6. The van der Waals surface area contributed by atoms with Gasteiger partial charge in [-0.2, -0.15) is 5.10 Å². The molecule has 3 rings (SSSR count). The van der Waals surface area contributed by atoms with E-state index in [0.717, 1.165) is 35.4 Å². The molecule has 0 saturated heterocycles. The Labute approximate surface area is 193 Å². The van der Waals surface area contributed by atoms with E-state index in [1.54, 1.807) is 37.6 Å². The number of para-hydroxylation sites is 1. The number of nitrogens with zero attached hydrogens (tertiary/aromatic N) is 1. The fraction of sp³-hybridized carbons (Fsp3) is 0.192. The number of amides is 2. The van der Waals surface area contributed by atoms with Crippen LogP contribution in [0.2, 0.25) is 0 Å². The predicted octanol–water partition coefficient (Wildman–Crippen LogP) is 4.19. The minimum atomic E-state index is -0.235. The minimum Gasteiger partial charge on any atom is -0.497 e. The van der Waals surface area contributed by atoms with Crippen molar-refractivity contribution in [3.63, 3.8) is 0 Å². The van der Waals surface area contributed by atoms with Gasteiger partial charge in [0.1, 0.15) is 11.5 Å². The number of hydrogen-bond donors (Lipinski definition) is 2. The molecule has 0 bridgehead atoms. The van der Waals surface area contributed by atoms with Gasteiger partial charge in [0.25, 0.3) is 5.91 Å². The van der Waals surface area contributed by atoms with Crippen molar-refractivity contribution >= 4 is 23.7 Å². The first-order valence-electron chi connectivity index (χ1n) is 10.6. The van der Waals surface area contributed by atoms with Crippen molar-refractivity contribution in [2.75, 3.05) is 19.0 Å². The van der Waals surface area contributed by atoms with Gasteiger partial charge in [-0.05, 0) is 72.5 Å². The second kappa shape index (κ2) is 12.7. The van der Waals surface area contributed by atoms with Crippen LogP contribution in [-0.4, -0.2) is 31.7 Å². The molecule has 0 radical (unpaired) electrons. The third kappa shape index (κ3) is 8.49. The molecule has 0 atom stereocenters. The molecule has 0 heterocycles. The highest BCUT2D eigenvalue weighted by molar-refractivity contribution is 5.91. The largest absolute Gasteiger partial charge is 0.497 e. The molecule has 0 aliphatic heterocycles. The maximum atomic E-state index is 12.0. The molecule has 2 amide bonds. The number of benzene rings is 3. The molecule has 33 heavy (non-hydrogen) atoms. The second-order valence-electron chi connectivity index (χ2n) is 7.27. The summed E-state index contributed by atoms with van der Waals surface area (Å²) in [6.07, 6.45) is 3.50. The van der Waals surface area contributed by atoms with Crippen molar-refractivity contribution in [1.82, 2.24) is 5.43 Å². The van der Waals surface area contributed by atoms with Crippen LogP contribution in [-0.2, 0) is 16.0 Å². The molecular formula is C26H27N3O4. The van der Waals surface area contributed by atoms with Crippen molar-refractivity contribution in [2.24, 2.45) is 5.10 Å². The lowest BCUT2D eigenvalue weighted by molar-refractivity contribution is -0.121. The molecule has 0 spiro atoms. The number of aryl methyl sites for hydroxylation is 1. The molecule has 0 fully saturated rings. The Kier molecular flexibility index (Phi) is 9.03. The summed E-state index contributed by atoms with van der Waals surface area (Å²) in [5.74, 6) is 1.02. The summed E-state index contributed by atoms with van der Waals surface area (Å²) in [5, 5.41) is 6.75. The molecule has 7 heteroatoms. The second-order valence-corrected chi connectivity index (χ2v) is 7.27. The summed E-state index contributed by atoms with van der Waals surface area (Å²) in [6, 6.07) is 24.1. The van der Waals surface area contributed by atoms with Gasteiger partial charge in [-0.1, -0.05) is 30.3 Å². The van der Waals surface area contributed by atoms with Crippen molar-refractivity contribution in [3.05, 3.63) is 90.0 Å². The fourth-order valence-electron chi connectivity index (χ4n) is 3.00. The van der Waals surface area contributed by atoms with Gasteiger partial charge in [-0.25, -0.2) is 5.43 Å². The number of carbonyl (C=O) groups is 2. The van der Waals surface area contributed by atoms with E-state index in [-0.39, 0.29) is 18.4 Å². The van der Waals surface area contributed by atoms with Gasteiger partial charge in [0.05, 0.1) is 13.3 Å². The molecule has 0 aliphatic rings. The Morgan fingerprint density at radius 3 is 2.27 bits per heavy atom. The Hall–Kier alpha value is -4.13. The maximum Gasteiger partial charge on any atom is 0.262 e. The Bertz CT molecular complexity index is 1050. The number of ether oxygens (including phenoxy) is 2. The van der Waals surface area contributed by atoms with Crippen LogP contribution in [0.25, 0.3) is 0 Å². The zero-order valence-electron chi connectivity index (χ0n) is 18.5. The van der Waals surface area contributed by atoms with Crippen LogP contribution >= 0.6 is 0 Å². The number of methoxy groups -OCH3 is 1. The summed E-state index contributed by atoms with van der Waals surface area (Å²) in [7, 11) is 1.64. The normalized spacial score (nSPS) is 10.6. The van der Waals surface area contributed by atoms with E-state index < -0.39 is 0 Å². The van der Waals surface area contributed by atoms with E-state index in [1.807, 2.05) is 54.6 Å². The highest BCUT2D eigenvalue weighted by atomic mass is 16.5. The Morgan fingerprint density at radius 2 is 1.58 bits per heavy atom. The number of anilines is 1. The van der Waals surface area contributed by atoms with Crippen molar-refractivity contribution < 1.29 is 19.1 Å². The fourth-order valence-corrected chi connectivity index (χ4v) is 3.00. The summed E-state index contributed by atoms with van der Waals surface area (Å²) in [4.78, 5) is 23.9. The highest BCUT2D eigenvalue weighted by Gasteiger charge is 2.04. The van der Waals surface area contributed by atoms with E-state index in [2.05, 4.69) is 15.8 Å². The van der Waals surface area contributed by atoms with E-state index in [4.69, 9.17) is 9.47 Å². The van der Waals surface area contributed by atoms with Crippen LogP contribution < -0.4 is 20.2 Å². The van der Waals surface area contributed by atoms with E-state index in [9.17, 15) is 9.59 Å². The first-order chi connectivity index (χ1) is 16.1. The van der Waals surface area contributed by atoms with Crippen LogP contribution in [0, 0.1) is 0 Å². The molecule has 7 nitrogen and oxygen atoms in total. The van der Waals surface area contributed by atoms with E-state index in [0.29, 0.717) is 12.2 Å². The molecule has 2 N–H and O–H groups in total. The third-order valence-electron chi connectivity index (χ3n) is 4.74. The molecule has 0 aliphatic carbocycles. The standard InChI is InChI=1S/C26H27N3O4/c1-32-23-14-10-20(11-15-23)6-5-9-25(30)29-27-18-21-12-16-24(17-13-21)33-19-26(31)28-22-7-3-2-4-8-22/h2-4,7-8,10-18H,5-6,9,19H2,1H3,(H,28,31)(H,29,30)/b27-18-. The lowest BCUT2D eigenvalue weighted by atomic mass is 10.1. The van der Waals surface area contributed by atoms with Crippen LogP contribution in [0.1, 0.15) is 24.0 Å². The van der Waals surface area contributed by atoms with E-state index in [1.165, 1.54) is 0 Å². The first-order valence-corrected chi connectivity index (χ1v) is 10.6. The SMILES string of the molecule is COc1ccc(CCCC(=O)N/N=C\c2ccc(OCC(=O)Nc3ccccc3)cc2)cc1. The van der Waals surface area contributed by atoms with Gasteiger partial charge in [-0.15, -0.1) is 0 Å². The van der Waals surface area contributed by atoms with Crippen molar-refractivity contribution in [2.45, 2.75) is 19.3 Å². The van der Waals surface area contributed by atoms with Gasteiger partial charge in [0, 0.05) is 12.1 Å². The number of hydrazone groups is 1. The van der Waals surface area contributed by atoms with Crippen molar-refractivity contribution in [3.8, 4) is 11.5 Å². The summed E-state index contributed by atoms with van der Waals surface area (Å²) in [5.41, 5.74) is 5.22. The third-order valence-corrected chi connectivity index (χ3v) is 4.74. The van der Waals surface area contributed by atoms with Gasteiger partial charge in [0.2, 0.25) is 5.91 Å². The highest BCUT2D eigenvalue weighted by Crippen LogP contribution is 2.13. The minimum absolute atomic E-state index is 0.0884. The van der Waals surface area contributed by atoms with E-state index >= 15 is 0 Å². The topological polar surface area (TPSA) is 89.0 Å². The first kappa shape index (κ1) is 23.5.